The summed E-state index contributed by atoms with van der Waals surface area (Å²) in [5.74, 6) is -0.357. The fourth-order valence-electron chi connectivity index (χ4n) is 6.16. The van der Waals surface area contributed by atoms with E-state index in [1.807, 2.05) is 24.3 Å². The molecule has 5 rings (SSSR count). The Morgan fingerprint density at radius 2 is 1.73 bits per heavy atom. The van der Waals surface area contributed by atoms with Gasteiger partial charge in [0.25, 0.3) is 11.8 Å². The molecule has 2 bridgehead atoms. The molecule has 11 heteroatoms. The lowest BCUT2D eigenvalue weighted by molar-refractivity contribution is -0.131. The van der Waals surface area contributed by atoms with Crippen LogP contribution in [0.5, 0.6) is 5.75 Å². The van der Waals surface area contributed by atoms with E-state index in [2.05, 4.69) is 5.32 Å². The predicted molar refractivity (Wildman–Crippen MR) is 160 cm³/mol. The molecule has 2 aromatic rings. The molecular weight excluding hydrogens is 566 g/mol. The van der Waals surface area contributed by atoms with Crippen LogP contribution in [0.2, 0.25) is 0 Å². The number of morpholine rings is 1. The number of hydrogen-bond acceptors (Lipinski definition) is 8. The largest absolute Gasteiger partial charge is 0.493 e. The smallest absolute Gasteiger partial charge is 0.410 e. The normalized spacial score (nSPS) is 22.1. The fourth-order valence-corrected chi connectivity index (χ4v) is 6.16. The number of nitrogens with one attached hydrogen (secondary N) is 1. The molecule has 236 valence electrons. The molecule has 3 aliphatic heterocycles. The Kier molecular flexibility index (Phi) is 9.26. The van der Waals surface area contributed by atoms with Crippen molar-refractivity contribution < 1.29 is 38.5 Å². The lowest BCUT2D eigenvalue weighted by atomic mass is 9.91. The van der Waals surface area contributed by atoms with E-state index >= 15 is 0 Å². The number of ether oxygens (including phenoxy) is 3. The van der Waals surface area contributed by atoms with Gasteiger partial charge in [-0.2, -0.15) is 0 Å². The van der Waals surface area contributed by atoms with Gasteiger partial charge >= 0.3 is 6.09 Å². The molecule has 0 spiro atoms. The first-order chi connectivity index (χ1) is 20.9. The van der Waals surface area contributed by atoms with Gasteiger partial charge in [0, 0.05) is 31.5 Å². The molecule has 0 saturated carbocycles. The highest BCUT2D eigenvalue weighted by atomic mass is 16.6. The van der Waals surface area contributed by atoms with Gasteiger partial charge in [-0.1, -0.05) is 24.3 Å². The number of ketones is 1. The number of carbonyl (C=O) groups is 4. The van der Waals surface area contributed by atoms with Crippen LogP contribution in [0.25, 0.3) is 0 Å². The Morgan fingerprint density at radius 3 is 2.39 bits per heavy atom. The quantitative estimate of drug-likeness (QED) is 0.491. The molecule has 0 radical (unpaired) electrons. The average Bonchev–Trinajstić information content (AvgIpc) is 2.97. The summed E-state index contributed by atoms with van der Waals surface area (Å²) in [4.78, 5) is 55.4. The zero-order chi connectivity index (χ0) is 31.6. The third-order valence-corrected chi connectivity index (χ3v) is 8.17. The van der Waals surface area contributed by atoms with E-state index in [0.29, 0.717) is 25.2 Å². The molecule has 0 aliphatic carbocycles. The van der Waals surface area contributed by atoms with Gasteiger partial charge in [-0.25, -0.2) is 4.79 Å². The lowest BCUT2D eigenvalue weighted by Gasteiger charge is -2.45. The maximum atomic E-state index is 13.5. The van der Waals surface area contributed by atoms with Crippen LogP contribution < -0.4 is 10.1 Å². The number of piperidine rings is 1. The highest BCUT2D eigenvalue weighted by Gasteiger charge is 2.42. The summed E-state index contributed by atoms with van der Waals surface area (Å²) in [5.41, 5.74) is 1.86. The zero-order valence-corrected chi connectivity index (χ0v) is 25.7. The van der Waals surface area contributed by atoms with Crippen LogP contribution in [-0.2, 0) is 27.2 Å². The molecule has 44 heavy (non-hydrogen) atoms. The summed E-state index contributed by atoms with van der Waals surface area (Å²) in [6.45, 7) is 8.20. The highest BCUT2D eigenvalue weighted by Crippen LogP contribution is 2.30. The second-order valence-electron chi connectivity index (χ2n) is 12.6. The number of aliphatic hydroxyl groups is 1. The number of Topliss-reactive ketones (excluding diaryl/α,β-unsaturated/α-hetero) is 1. The van der Waals surface area contributed by atoms with E-state index in [1.165, 1.54) is 11.0 Å². The van der Waals surface area contributed by atoms with Gasteiger partial charge in [0.2, 0.25) is 0 Å². The first-order valence-corrected chi connectivity index (χ1v) is 15.2. The van der Waals surface area contributed by atoms with Gasteiger partial charge in [0.05, 0.1) is 49.6 Å². The number of aliphatic hydroxyl groups excluding tert-OH is 1. The number of fused-ring (bicyclic) bond motifs is 3. The van der Waals surface area contributed by atoms with E-state index in [1.54, 1.807) is 44.7 Å². The minimum Gasteiger partial charge on any atom is -0.493 e. The fraction of sp³-hybridized carbons (Fsp3) is 0.515. The monoisotopic (exact) mass is 607 g/mol. The van der Waals surface area contributed by atoms with Crippen molar-refractivity contribution in [3.8, 4) is 5.75 Å². The minimum atomic E-state index is -1.08. The van der Waals surface area contributed by atoms with Crippen LogP contribution >= 0.6 is 0 Å². The van der Waals surface area contributed by atoms with Gasteiger partial charge in [-0.05, 0) is 63.4 Å². The van der Waals surface area contributed by atoms with Crippen molar-refractivity contribution in [1.82, 2.24) is 15.1 Å². The number of nitrogens with zero attached hydrogens (tertiary/aromatic N) is 2. The number of rotatable bonds is 7. The van der Waals surface area contributed by atoms with Crippen molar-refractivity contribution in [3.05, 3.63) is 64.7 Å². The summed E-state index contributed by atoms with van der Waals surface area (Å²) < 4.78 is 17.0. The van der Waals surface area contributed by atoms with Crippen molar-refractivity contribution in [2.45, 2.75) is 83.3 Å². The molecular formula is C33H41N3O8. The van der Waals surface area contributed by atoms with Crippen LogP contribution in [0.4, 0.5) is 4.79 Å². The maximum Gasteiger partial charge on any atom is 0.410 e. The van der Waals surface area contributed by atoms with Crippen LogP contribution in [-0.4, -0.2) is 94.8 Å². The van der Waals surface area contributed by atoms with Crippen molar-refractivity contribution in [3.63, 3.8) is 0 Å². The molecule has 2 unspecified atom stereocenters. The number of hydrogen-bond donors (Lipinski definition) is 2. The second-order valence-corrected chi connectivity index (χ2v) is 12.6. The molecule has 3 aliphatic rings. The Morgan fingerprint density at radius 1 is 1.05 bits per heavy atom. The summed E-state index contributed by atoms with van der Waals surface area (Å²) in [6.07, 6.45) is -0.680. The van der Waals surface area contributed by atoms with Crippen molar-refractivity contribution >= 4 is 23.7 Å². The lowest BCUT2D eigenvalue weighted by Crippen LogP contribution is -2.59. The average molecular weight is 608 g/mol. The van der Waals surface area contributed by atoms with Crippen molar-refractivity contribution in [2.75, 3.05) is 26.4 Å². The van der Waals surface area contributed by atoms with Gasteiger partial charge in [-0.15, -0.1) is 0 Å². The van der Waals surface area contributed by atoms with Crippen LogP contribution in [0.15, 0.2) is 42.5 Å². The Hall–Kier alpha value is -3.96. The first-order valence-electron chi connectivity index (χ1n) is 15.2. The molecule has 2 aromatic carbocycles. The molecule has 2 saturated heterocycles. The summed E-state index contributed by atoms with van der Waals surface area (Å²) in [5, 5.41) is 14.0. The molecule has 3 heterocycles. The molecule has 0 aromatic heterocycles. The Labute approximate surface area is 257 Å². The number of carbonyl (C=O) groups excluding carboxylic acids is 4. The summed E-state index contributed by atoms with van der Waals surface area (Å²) in [6, 6.07) is 11.2. The first kappa shape index (κ1) is 31.5. The predicted octanol–water partition coefficient (Wildman–Crippen LogP) is 3.11. The SMILES string of the molecule is CCOc1cc(C(=O)N2C3COCC2CC(=O)C3)ccc1C(=O)NC[C@@H](O)[C@@H]1Cc2ccccc2CN1C(=O)OC(C)(C)C. The third-order valence-electron chi connectivity index (χ3n) is 8.17. The van der Waals surface area contributed by atoms with E-state index in [4.69, 9.17) is 14.2 Å². The van der Waals surface area contributed by atoms with Crippen LogP contribution in [0.1, 0.15) is 72.4 Å². The third kappa shape index (κ3) is 6.89. The molecule has 2 N–H and O–H groups in total. The van der Waals surface area contributed by atoms with Crippen molar-refractivity contribution in [2.24, 2.45) is 0 Å². The van der Waals surface area contributed by atoms with E-state index in [0.717, 1.165) is 11.1 Å². The molecule has 3 amide bonds. The van der Waals surface area contributed by atoms with Crippen LogP contribution in [0.3, 0.4) is 0 Å². The Bertz CT molecular complexity index is 1400. The van der Waals surface area contributed by atoms with Crippen LogP contribution in [0, 0.1) is 0 Å². The van der Waals surface area contributed by atoms with E-state index < -0.39 is 29.7 Å². The highest BCUT2D eigenvalue weighted by molar-refractivity contribution is 6.01. The summed E-state index contributed by atoms with van der Waals surface area (Å²) in [7, 11) is 0. The van der Waals surface area contributed by atoms with Gasteiger partial charge in [0.15, 0.2) is 0 Å². The Balaban J connectivity index is 1.30. The van der Waals surface area contributed by atoms with Crippen molar-refractivity contribution in [1.29, 1.82) is 0 Å². The van der Waals surface area contributed by atoms with E-state index in [9.17, 15) is 24.3 Å². The summed E-state index contributed by atoms with van der Waals surface area (Å²) >= 11 is 0. The maximum absolute atomic E-state index is 13.5. The molecule has 11 nitrogen and oxygen atoms in total. The topological polar surface area (TPSA) is 135 Å². The zero-order valence-electron chi connectivity index (χ0n) is 25.7. The molecule has 4 atom stereocenters. The number of amides is 3. The standard InChI is InChI=1S/C33H41N3O8/c1-5-43-29-13-21(31(40)36-23-14-25(37)15-24(36)19-42-18-23)10-11-26(29)30(39)34-16-28(38)27-12-20-8-6-7-9-22(20)17-35(27)32(41)44-33(2,3)4/h6-11,13,23-24,27-28,38H,5,12,14-19H2,1-4H3,(H,34,39)/t23?,24?,27-,28+/m0/s1. The van der Waals surface area contributed by atoms with E-state index in [-0.39, 0.29) is 67.6 Å². The van der Waals surface area contributed by atoms with Gasteiger partial charge in [-0.3, -0.25) is 19.3 Å². The number of benzene rings is 2. The van der Waals surface area contributed by atoms with Gasteiger partial charge < -0.3 is 29.5 Å². The minimum absolute atomic E-state index is 0.123. The second kappa shape index (κ2) is 13.0. The molecule has 2 fully saturated rings. The van der Waals surface area contributed by atoms with Gasteiger partial charge in [0.1, 0.15) is 17.1 Å².